The summed E-state index contributed by atoms with van der Waals surface area (Å²) in [6.45, 7) is 0. The molecule has 0 bridgehead atoms. The summed E-state index contributed by atoms with van der Waals surface area (Å²) in [5, 5.41) is 3.63. The lowest BCUT2D eigenvalue weighted by Crippen LogP contribution is -2.40. The van der Waals surface area contributed by atoms with Gasteiger partial charge in [0.15, 0.2) is 11.6 Å². The van der Waals surface area contributed by atoms with Crippen molar-refractivity contribution < 1.29 is 9.13 Å². The van der Waals surface area contributed by atoms with Crippen LogP contribution in [0.4, 0.5) is 4.39 Å². The Morgan fingerprint density at radius 3 is 2.94 bits per heavy atom. The van der Waals surface area contributed by atoms with Crippen molar-refractivity contribution in [2.75, 3.05) is 7.11 Å². The number of hydrogen-bond donors (Lipinski definition) is 1. The molecule has 3 unspecified atom stereocenters. The van der Waals surface area contributed by atoms with E-state index in [1.54, 1.807) is 6.07 Å². The molecule has 1 aliphatic heterocycles. The van der Waals surface area contributed by atoms with Gasteiger partial charge in [0.25, 0.3) is 0 Å². The second-order valence-electron chi connectivity index (χ2n) is 5.46. The lowest BCUT2D eigenvalue weighted by atomic mass is 9.87. The van der Waals surface area contributed by atoms with E-state index in [4.69, 9.17) is 4.74 Å². The van der Waals surface area contributed by atoms with Crippen molar-refractivity contribution in [3.63, 3.8) is 0 Å². The lowest BCUT2D eigenvalue weighted by Gasteiger charge is -2.34. The van der Waals surface area contributed by atoms with E-state index in [0.29, 0.717) is 11.8 Å². The molecule has 3 atom stereocenters. The van der Waals surface area contributed by atoms with Gasteiger partial charge >= 0.3 is 0 Å². The summed E-state index contributed by atoms with van der Waals surface area (Å²) in [5.74, 6) is 0.965. The number of nitrogens with one attached hydrogen (secondary N) is 1. The predicted octanol–water partition coefficient (Wildman–Crippen LogP) is 3.43. The van der Waals surface area contributed by atoms with Gasteiger partial charge in [0.2, 0.25) is 0 Å². The first-order valence-corrected chi connectivity index (χ1v) is 6.88. The van der Waals surface area contributed by atoms with E-state index in [1.165, 1.54) is 32.8 Å². The predicted molar refractivity (Wildman–Crippen MR) is 69.2 cm³/mol. The first-order chi connectivity index (χ1) is 8.79. The molecule has 0 spiro atoms. The van der Waals surface area contributed by atoms with Crippen molar-refractivity contribution >= 4 is 0 Å². The minimum Gasteiger partial charge on any atom is -0.494 e. The van der Waals surface area contributed by atoms with Crippen molar-refractivity contribution in [3.05, 3.63) is 29.6 Å². The van der Waals surface area contributed by atoms with Crippen molar-refractivity contribution in [1.82, 2.24) is 5.32 Å². The monoisotopic (exact) mass is 249 g/mol. The second kappa shape index (κ2) is 4.88. The maximum atomic E-state index is 14.2. The molecule has 1 aromatic carbocycles. The fourth-order valence-corrected chi connectivity index (χ4v) is 3.52. The molecule has 2 aliphatic rings. The molecule has 18 heavy (non-hydrogen) atoms. The van der Waals surface area contributed by atoms with Crippen molar-refractivity contribution in [3.8, 4) is 5.75 Å². The van der Waals surface area contributed by atoms with Crippen LogP contribution in [-0.4, -0.2) is 13.2 Å². The Balaban J connectivity index is 1.82. The molecule has 1 aromatic rings. The first kappa shape index (κ1) is 12.0. The van der Waals surface area contributed by atoms with Crippen LogP contribution in [0.15, 0.2) is 18.2 Å². The summed E-state index contributed by atoms with van der Waals surface area (Å²) in [5.41, 5.74) is 0.764. The number of halogens is 1. The van der Waals surface area contributed by atoms with Crippen molar-refractivity contribution in [2.45, 2.75) is 44.2 Å². The Morgan fingerprint density at radius 2 is 2.11 bits per heavy atom. The lowest BCUT2D eigenvalue weighted by molar-refractivity contribution is 0.256. The third kappa shape index (κ3) is 2.01. The third-order valence-electron chi connectivity index (χ3n) is 4.49. The Morgan fingerprint density at radius 1 is 1.22 bits per heavy atom. The second-order valence-corrected chi connectivity index (χ2v) is 5.46. The van der Waals surface area contributed by atoms with Crippen LogP contribution in [-0.2, 0) is 0 Å². The van der Waals surface area contributed by atoms with E-state index in [9.17, 15) is 4.39 Å². The van der Waals surface area contributed by atoms with Crippen LogP contribution < -0.4 is 10.1 Å². The zero-order valence-electron chi connectivity index (χ0n) is 10.8. The summed E-state index contributed by atoms with van der Waals surface area (Å²) < 4.78 is 19.3. The summed E-state index contributed by atoms with van der Waals surface area (Å²) in [4.78, 5) is 0. The van der Waals surface area contributed by atoms with Crippen LogP contribution in [0.1, 0.15) is 43.7 Å². The topological polar surface area (TPSA) is 21.3 Å². The highest BCUT2D eigenvalue weighted by atomic mass is 19.1. The SMILES string of the molecule is COc1cccc(C2CCC3CCCC3N2)c1F. The highest BCUT2D eigenvalue weighted by molar-refractivity contribution is 5.33. The Hall–Kier alpha value is -1.09. The molecule has 1 saturated heterocycles. The summed E-state index contributed by atoms with van der Waals surface area (Å²) in [7, 11) is 1.52. The molecule has 0 aromatic heterocycles. The number of methoxy groups -OCH3 is 1. The maximum Gasteiger partial charge on any atom is 0.169 e. The van der Waals surface area contributed by atoms with Gasteiger partial charge in [-0.2, -0.15) is 0 Å². The Labute approximate surface area is 108 Å². The summed E-state index contributed by atoms with van der Waals surface area (Å²) >= 11 is 0. The molecule has 0 amide bonds. The molecule has 1 heterocycles. The molecule has 3 heteroatoms. The van der Waals surface area contributed by atoms with E-state index in [0.717, 1.165) is 17.9 Å². The molecular weight excluding hydrogens is 229 g/mol. The third-order valence-corrected chi connectivity index (χ3v) is 4.49. The fraction of sp³-hybridized carbons (Fsp3) is 0.600. The van der Waals surface area contributed by atoms with E-state index in [2.05, 4.69) is 5.32 Å². The average molecular weight is 249 g/mol. The highest BCUT2D eigenvalue weighted by Crippen LogP contribution is 2.39. The molecule has 1 aliphatic carbocycles. The van der Waals surface area contributed by atoms with Crippen LogP contribution >= 0.6 is 0 Å². The van der Waals surface area contributed by atoms with Gasteiger partial charge in [0.1, 0.15) is 0 Å². The standard InChI is InChI=1S/C15H20FNO/c1-18-14-7-3-5-11(15(14)16)13-9-8-10-4-2-6-12(10)17-13/h3,5,7,10,12-13,17H,2,4,6,8-9H2,1H3. The molecule has 1 saturated carbocycles. The van der Waals surface area contributed by atoms with Gasteiger partial charge in [0, 0.05) is 17.6 Å². The average Bonchev–Trinajstić information content (AvgIpc) is 2.86. The number of ether oxygens (including phenoxy) is 1. The highest BCUT2D eigenvalue weighted by Gasteiger charge is 2.34. The number of fused-ring (bicyclic) bond motifs is 1. The van der Waals surface area contributed by atoms with Crippen LogP contribution in [0.2, 0.25) is 0 Å². The molecule has 2 fully saturated rings. The van der Waals surface area contributed by atoms with Crippen LogP contribution in [0.5, 0.6) is 5.75 Å². The Kier molecular flexibility index (Phi) is 3.25. The van der Waals surface area contributed by atoms with Gasteiger partial charge in [-0.3, -0.25) is 0 Å². The molecule has 2 nitrogen and oxygen atoms in total. The number of rotatable bonds is 2. The first-order valence-electron chi connectivity index (χ1n) is 6.88. The quantitative estimate of drug-likeness (QED) is 0.867. The zero-order chi connectivity index (χ0) is 12.5. The van der Waals surface area contributed by atoms with Crippen molar-refractivity contribution in [2.24, 2.45) is 5.92 Å². The fourth-order valence-electron chi connectivity index (χ4n) is 3.52. The molecule has 3 rings (SSSR count). The number of hydrogen-bond acceptors (Lipinski definition) is 2. The van der Waals surface area contributed by atoms with Gasteiger partial charge in [-0.15, -0.1) is 0 Å². The largest absolute Gasteiger partial charge is 0.494 e. The van der Waals surface area contributed by atoms with Gasteiger partial charge in [-0.05, 0) is 37.7 Å². The maximum absolute atomic E-state index is 14.2. The van der Waals surface area contributed by atoms with E-state index >= 15 is 0 Å². The van der Waals surface area contributed by atoms with Gasteiger partial charge in [-0.25, -0.2) is 4.39 Å². The normalized spacial score (nSPS) is 31.1. The number of benzene rings is 1. The minimum absolute atomic E-state index is 0.152. The van der Waals surface area contributed by atoms with E-state index in [1.807, 2.05) is 12.1 Å². The number of piperidine rings is 1. The molecule has 1 N–H and O–H groups in total. The molecular formula is C15H20FNO. The zero-order valence-corrected chi connectivity index (χ0v) is 10.8. The van der Waals surface area contributed by atoms with Crippen LogP contribution in [0.3, 0.4) is 0 Å². The van der Waals surface area contributed by atoms with E-state index in [-0.39, 0.29) is 11.9 Å². The minimum atomic E-state index is -0.200. The van der Waals surface area contributed by atoms with Gasteiger partial charge < -0.3 is 10.1 Å². The van der Waals surface area contributed by atoms with E-state index < -0.39 is 0 Å². The summed E-state index contributed by atoms with van der Waals surface area (Å²) in [6, 6.07) is 6.18. The van der Waals surface area contributed by atoms with Gasteiger partial charge in [0.05, 0.1) is 7.11 Å². The molecule has 98 valence electrons. The molecule has 0 radical (unpaired) electrons. The van der Waals surface area contributed by atoms with Gasteiger partial charge in [-0.1, -0.05) is 18.6 Å². The summed E-state index contributed by atoms with van der Waals surface area (Å²) in [6.07, 6.45) is 6.15. The Bertz CT molecular complexity index is 435. The van der Waals surface area contributed by atoms with Crippen molar-refractivity contribution in [1.29, 1.82) is 0 Å². The van der Waals surface area contributed by atoms with Crippen LogP contribution in [0, 0.1) is 11.7 Å². The smallest absolute Gasteiger partial charge is 0.169 e. The van der Waals surface area contributed by atoms with Crippen LogP contribution in [0.25, 0.3) is 0 Å².